The molecule has 29 heavy (non-hydrogen) atoms. The third-order valence-electron chi connectivity index (χ3n) is 3.26. The Morgan fingerprint density at radius 3 is 2.24 bits per heavy atom. The SMILES string of the molecule is O=c1ccn([C@@H]2O[C@H](COP(=O)([O-])OP(=O)([O-])OP(=O)([O-])[O-])C(O)[C@@H]2O)c(=O)[nH]1. The van der Waals surface area contributed by atoms with Gasteiger partial charge in [0.15, 0.2) is 6.23 Å². The van der Waals surface area contributed by atoms with Gasteiger partial charge in [-0.3, -0.25) is 27.8 Å². The van der Waals surface area contributed by atoms with Crippen molar-refractivity contribution >= 4 is 23.5 Å². The lowest BCUT2D eigenvalue weighted by molar-refractivity contribution is -0.339. The first-order chi connectivity index (χ1) is 13.1. The van der Waals surface area contributed by atoms with E-state index in [0.29, 0.717) is 4.57 Å². The van der Waals surface area contributed by atoms with Crippen LogP contribution in [0.5, 0.6) is 0 Å². The average Bonchev–Trinajstić information content (AvgIpc) is 2.78. The Balaban J connectivity index is 2.06. The van der Waals surface area contributed by atoms with E-state index in [4.69, 9.17) is 4.74 Å². The second kappa shape index (κ2) is 8.61. The second-order valence-electron chi connectivity index (χ2n) is 5.36. The highest BCUT2D eigenvalue weighted by molar-refractivity contribution is 7.64. The van der Waals surface area contributed by atoms with Crippen LogP contribution >= 0.6 is 23.5 Å². The summed E-state index contributed by atoms with van der Waals surface area (Å²) in [5.41, 5.74) is -1.80. The topological polar surface area (TPSA) is 276 Å². The molecule has 20 heteroatoms. The molecule has 0 aliphatic carbocycles. The number of hydrogen-bond donors (Lipinski definition) is 3. The fourth-order valence-corrected chi connectivity index (χ4v) is 5.04. The number of aromatic amines is 1. The third-order valence-corrected chi connectivity index (χ3v) is 6.92. The molecule has 1 aromatic rings. The largest absolute Gasteiger partial charge is 0.790 e. The second-order valence-corrected chi connectivity index (χ2v) is 9.61. The number of nitrogens with one attached hydrogen (secondary N) is 1. The molecule has 1 aromatic heterocycles. The number of H-pyrrole nitrogens is 1. The van der Waals surface area contributed by atoms with Crippen LogP contribution in [0.1, 0.15) is 6.23 Å². The minimum Gasteiger partial charge on any atom is -0.790 e. The molecule has 0 amide bonds. The molecule has 0 aromatic carbocycles. The van der Waals surface area contributed by atoms with Crippen LogP contribution in [0.25, 0.3) is 0 Å². The summed E-state index contributed by atoms with van der Waals surface area (Å²) in [6.45, 7) is -1.17. The molecule has 0 spiro atoms. The van der Waals surface area contributed by atoms with E-state index in [2.05, 4.69) is 13.1 Å². The standard InChI is InChI=1S/C9H15N2O15P3/c12-5-1-2-11(9(15)10-5)8-7(14)6(13)4(24-8)3-23-28(19,20)26-29(21,22)25-27(16,17)18/h1-2,4,6-8,13-14H,3H2,(H,19,20)(H,21,22)(H,10,12,15)(H2,16,17,18)/p-4/t4-,6?,7+,8-/m1/s1. The highest BCUT2D eigenvalue weighted by Crippen LogP contribution is 2.60. The van der Waals surface area contributed by atoms with Crippen molar-refractivity contribution in [3.63, 3.8) is 0 Å². The number of rotatable bonds is 8. The summed E-state index contributed by atoms with van der Waals surface area (Å²) in [5.74, 6) is 0. The first-order valence-corrected chi connectivity index (χ1v) is 11.5. The smallest absolute Gasteiger partial charge is 0.330 e. The number of phosphoric acid groups is 3. The highest BCUT2D eigenvalue weighted by Gasteiger charge is 2.44. The third kappa shape index (κ3) is 6.73. The summed E-state index contributed by atoms with van der Waals surface area (Å²) in [4.78, 5) is 67.6. The molecule has 2 heterocycles. The van der Waals surface area contributed by atoms with Crippen molar-refractivity contribution in [1.82, 2.24) is 9.55 Å². The summed E-state index contributed by atoms with van der Waals surface area (Å²) >= 11 is 0. The molecule has 3 N–H and O–H groups in total. The van der Waals surface area contributed by atoms with Gasteiger partial charge in [-0.05, 0) is 0 Å². The molecule has 1 aliphatic rings. The van der Waals surface area contributed by atoms with Gasteiger partial charge < -0.3 is 43.6 Å². The Morgan fingerprint density at radius 2 is 1.69 bits per heavy atom. The zero-order valence-corrected chi connectivity index (χ0v) is 16.3. The van der Waals surface area contributed by atoms with Gasteiger partial charge in [-0.2, -0.15) is 0 Å². The predicted octanol–water partition coefficient (Wildman–Crippen LogP) is -5.03. The minimum absolute atomic E-state index is 0.669. The summed E-state index contributed by atoms with van der Waals surface area (Å²) < 4.78 is 48.9. The first-order valence-electron chi connectivity index (χ1n) is 7.15. The Hall–Kier alpha value is -1.03. The van der Waals surface area contributed by atoms with E-state index < -0.39 is 65.9 Å². The first kappa shape index (κ1) is 24.2. The molecule has 0 bridgehead atoms. The maximum absolute atomic E-state index is 11.7. The van der Waals surface area contributed by atoms with Gasteiger partial charge in [0.1, 0.15) is 18.3 Å². The Labute approximate surface area is 159 Å². The number of ether oxygens (including phenoxy) is 1. The number of hydrogen-bond acceptors (Lipinski definition) is 15. The van der Waals surface area contributed by atoms with Crippen LogP contribution in [-0.2, 0) is 31.6 Å². The summed E-state index contributed by atoms with van der Waals surface area (Å²) in [5, 5.41) is 19.8. The van der Waals surface area contributed by atoms with Gasteiger partial charge in [-0.25, -0.2) is 9.11 Å². The number of aliphatic hydroxyl groups is 2. The molecular weight excluding hydrogens is 469 g/mol. The van der Waals surface area contributed by atoms with E-state index in [1.54, 1.807) is 0 Å². The summed E-state index contributed by atoms with van der Waals surface area (Å²) in [7, 11) is -18.2. The number of phosphoric ester groups is 1. The van der Waals surface area contributed by atoms with E-state index >= 15 is 0 Å². The van der Waals surface area contributed by atoms with Crippen molar-refractivity contribution in [2.45, 2.75) is 24.5 Å². The van der Waals surface area contributed by atoms with Gasteiger partial charge in [-0.15, -0.1) is 0 Å². The van der Waals surface area contributed by atoms with Crippen molar-refractivity contribution < 1.29 is 61.4 Å². The highest BCUT2D eigenvalue weighted by atomic mass is 31.3. The maximum Gasteiger partial charge on any atom is 0.330 e. The fourth-order valence-electron chi connectivity index (χ4n) is 2.17. The van der Waals surface area contributed by atoms with Crippen molar-refractivity contribution in [2.75, 3.05) is 6.61 Å². The van der Waals surface area contributed by atoms with E-state index in [0.717, 1.165) is 12.3 Å². The molecule has 3 unspecified atom stereocenters. The number of aromatic nitrogens is 2. The molecule has 1 saturated heterocycles. The zero-order chi connectivity index (χ0) is 22.2. The lowest BCUT2D eigenvalue weighted by Gasteiger charge is -2.37. The Kier molecular flexibility index (Phi) is 7.20. The number of nitrogens with zero attached hydrogens (tertiary/aromatic N) is 1. The lowest BCUT2D eigenvalue weighted by atomic mass is 10.1. The molecule has 166 valence electrons. The van der Waals surface area contributed by atoms with Crippen LogP contribution in [0.2, 0.25) is 0 Å². The quantitative estimate of drug-likeness (QED) is 0.294. The molecule has 0 saturated carbocycles. The van der Waals surface area contributed by atoms with E-state index in [1.165, 1.54) is 0 Å². The zero-order valence-electron chi connectivity index (χ0n) is 13.7. The normalized spacial score (nSPS) is 29.3. The van der Waals surface area contributed by atoms with Crippen molar-refractivity contribution in [1.29, 1.82) is 0 Å². The molecule has 2 rings (SSSR count). The van der Waals surface area contributed by atoms with E-state index in [1.807, 2.05) is 4.98 Å². The minimum atomic E-state index is -6.17. The Morgan fingerprint density at radius 1 is 1.07 bits per heavy atom. The average molecular weight is 480 g/mol. The van der Waals surface area contributed by atoms with Crippen LogP contribution < -0.4 is 30.8 Å². The van der Waals surface area contributed by atoms with Crippen LogP contribution in [0.4, 0.5) is 0 Å². The molecule has 1 fully saturated rings. The lowest BCUT2D eigenvalue weighted by Crippen LogP contribution is -2.37. The van der Waals surface area contributed by atoms with Crippen molar-refractivity contribution in [2.24, 2.45) is 0 Å². The maximum atomic E-state index is 11.7. The fraction of sp³-hybridized carbons (Fsp3) is 0.556. The van der Waals surface area contributed by atoms with Gasteiger partial charge in [0.2, 0.25) is 0 Å². The van der Waals surface area contributed by atoms with Gasteiger partial charge in [0.05, 0.1) is 14.4 Å². The van der Waals surface area contributed by atoms with Crippen LogP contribution in [-0.4, -0.2) is 44.7 Å². The van der Waals surface area contributed by atoms with Gasteiger partial charge in [0.25, 0.3) is 21.2 Å². The van der Waals surface area contributed by atoms with Gasteiger partial charge in [0, 0.05) is 12.3 Å². The van der Waals surface area contributed by atoms with Gasteiger partial charge in [-0.1, -0.05) is 0 Å². The molecule has 6 atom stereocenters. The monoisotopic (exact) mass is 480 g/mol. The van der Waals surface area contributed by atoms with Crippen LogP contribution in [0, 0.1) is 0 Å². The summed E-state index contributed by atoms with van der Waals surface area (Å²) in [6, 6.07) is 0.893. The predicted molar refractivity (Wildman–Crippen MR) is 78.2 cm³/mol. The molecule has 1 aliphatic heterocycles. The molecule has 0 radical (unpaired) electrons. The van der Waals surface area contributed by atoms with Crippen molar-refractivity contribution in [3.8, 4) is 0 Å². The Bertz CT molecular complexity index is 997. The molecule has 17 nitrogen and oxygen atoms in total. The van der Waals surface area contributed by atoms with Crippen LogP contribution in [0.3, 0.4) is 0 Å². The van der Waals surface area contributed by atoms with E-state index in [-0.39, 0.29) is 0 Å². The van der Waals surface area contributed by atoms with Crippen LogP contribution in [0.15, 0.2) is 21.9 Å². The number of aliphatic hydroxyl groups excluding tert-OH is 2. The van der Waals surface area contributed by atoms with Gasteiger partial charge >= 0.3 is 5.69 Å². The molecular formula is C9H11N2O15P3-4. The van der Waals surface area contributed by atoms with Crippen molar-refractivity contribution in [3.05, 3.63) is 33.1 Å². The van der Waals surface area contributed by atoms with E-state index in [9.17, 15) is 53.1 Å². The summed E-state index contributed by atoms with van der Waals surface area (Å²) in [6.07, 6.45) is -5.98.